The molecule has 0 saturated heterocycles. The normalized spacial score (nSPS) is 10.9. The van der Waals surface area contributed by atoms with Gasteiger partial charge in [-0.2, -0.15) is 0 Å². The molecule has 0 radical (unpaired) electrons. The van der Waals surface area contributed by atoms with Gasteiger partial charge in [-0.15, -0.1) is 0 Å². The number of ketones is 1. The van der Waals surface area contributed by atoms with Gasteiger partial charge in [0.25, 0.3) is 0 Å². The van der Waals surface area contributed by atoms with Crippen LogP contribution in [-0.2, 0) is 0 Å². The molecule has 0 aromatic carbocycles. The van der Waals surface area contributed by atoms with Crippen molar-refractivity contribution in [2.24, 2.45) is 0 Å². The molecular weight excluding hydrogens is 314 g/mol. The van der Waals surface area contributed by atoms with Crippen molar-refractivity contribution in [3.8, 4) is 0 Å². The van der Waals surface area contributed by atoms with E-state index in [4.69, 9.17) is 16.7 Å². The molecule has 0 aliphatic carbocycles. The molecule has 23 heavy (non-hydrogen) atoms. The van der Waals surface area contributed by atoms with Crippen molar-refractivity contribution in [2.45, 2.75) is 77.6 Å². The number of H-pyrrole nitrogens is 1. The largest absolute Gasteiger partial charge is 0.477 e. The number of carbonyl (C=O) groups excluding carboxylic acids is 1. The summed E-state index contributed by atoms with van der Waals surface area (Å²) in [5, 5.41) is 8.92. The van der Waals surface area contributed by atoms with E-state index in [0.29, 0.717) is 12.0 Å². The minimum atomic E-state index is -1.15. The van der Waals surface area contributed by atoms with Crippen LogP contribution in [0.2, 0.25) is 5.02 Å². The number of carboxylic acid groups (broad SMARTS) is 1. The summed E-state index contributed by atoms with van der Waals surface area (Å²) in [7, 11) is 0. The van der Waals surface area contributed by atoms with E-state index in [-0.39, 0.29) is 16.5 Å². The minimum absolute atomic E-state index is 0.0228. The van der Waals surface area contributed by atoms with E-state index in [0.717, 1.165) is 19.3 Å². The minimum Gasteiger partial charge on any atom is -0.477 e. The van der Waals surface area contributed by atoms with E-state index >= 15 is 0 Å². The Morgan fingerprint density at radius 1 is 1.00 bits per heavy atom. The Kier molecular flexibility index (Phi) is 9.69. The van der Waals surface area contributed by atoms with Gasteiger partial charge in [0, 0.05) is 12.6 Å². The average molecular weight is 342 g/mol. The van der Waals surface area contributed by atoms with Crippen LogP contribution in [0.5, 0.6) is 0 Å². The highest BCUT2D eigenvalue weighted by Gasteiger charge is 2.19. The molecule has 0 atom stereocenters. The number of hydrogen-bond donors (Lipinski definition) is 2. The molecule has 130 valence electrons. The molecule has 0 fully saturated rings. The number of Topliss-reactive ketones (excluding diaryl/α,β-unsaturated/α-hetero) is 1. The second-order valence-electron chi connectivity index (χ2n) is 6.05. The maximum Gasteiger partial charge on any atom is 0.353 e. The van der Waals surface area contributed by atoms with Gasteiger partial charge < -0.3 is 10.1 Å². The fraction of sp³-hybridized carbons (Fsp3) is 0.667. The van der Waals surface area contributed by atoms with Gasteiger partial charge in [-0.1, -0.05) is 76.3 Å². The number of hydrogen-bond acceptors (Lipinski definition) is 2. The zero-order valence-corrected chi connectivity index (χ0v) is 14.8. The second kappa shape index (κ2) is 11.3. The molecule has 1 aromatic rings. The molecule has 0 amide bonds. The van der Waals surface area contributed by atoms with Crippen molar-refractivity contribution in [3.05, 3.63) is 22.5 Å². The number of aromatic carboxylic acids is 1. The zero-order chi connectivity index (χ0) is 17.1. The highest BCUT2D eigenvalue weighted by molar-refractivity contribution is 6.36. The fourth-order valence-electron chi connectivity index (χ4n) is 2.67. The van der Waals surface area contributed by atoms with Crippen LogP contribution in [-0.4, -0.2) is 21.8 Å². The van der Waals surface area contributed by atoms with Gasteiger partial charge in [-0.05, 0) is 6.42 Å². The number of rotatable bonds is 13. The molecule has 0 aliphatic heterocycles. The molecule has 0 bridgehead atoms. The maximum atomic E-state index is 12.0. The topological polar surface area (TPSA) is 70.2 Å². The first-order chi connectivity index (χ1) is 11.1. The Bertz CT molecular complexity index is 496. The van der Waals surface area contributed by atoms with E-state index in [2.05, 4.69) is 11.9 Å². The number of unbranched alkanes of at least 4 members (excludes halogenated alkanes) is 9. The lowest BCUT2D eigenvalue weighted by Crippen LogP contribution is -2.00. The molecule has 0 spiro atoms. The van der Waals surface area contributed by atoms with E-state index in [1.807, 2.05) is 0 Å². The van der Waals surface area contributed by atoms with Crippen molar-refractivity contribution >= 4 is 23.4 Å². The van der Waals surface area contributed by atoms with Crippen LogP contribution in [0, 0.1) is 0 Å². The third kappa shape index (κ3) is 7.21. The first kappa shape index (κ1) is 19.8. The molecule has 1 rings (SSSR count). The van der Waals surface area contributed by atoms with Crippen LogP contribution in [0.15, 0.2) is 6.20 Å². The van der Waals surface area contributed by atoms with Crippen LogP contribution in [0.1, 0.15) is 98.4 Å². The quantitative estimate of drug-likeness (QED) is 0.348. The number of carboxylic acids is 1. The summed E-state index contributed by atoms with van der Waals surface area (Å²) in [6.07, 6.45) is 14.0. The van der Waals surface area contributed by atoms with Gasteiger partial charge in [0.15, 0.2) is 5.78 Å². The number of aromatic amines is 1. The first-order valence-electron chi connectivity index (χ1n) is 8.71. The number of halogens is 1. The first-order valence-corrected chi connectivity index (χ1v) is 9.09. The van der Waals surface area contributed by atoms with Gasteiger partial charge in [-0.25, -0.2) is 4.79 Å². The van der Waals surface area contributed by atoms with Crippen molar-refractivity contribution in [3.63, 3.8) is 0 Å². The Morgan fingerprint density at radius 3 is 2.00 bits per heavy atom. The standard InChI is InChI=1S/C18H28ClNO3/c1-2-3-4-5-6-7-8-9-10-11-12-15(21)14-13-20-17(16(14)19)18(22)23/h13,20H,2-12H2,1H3,(H,22,23). The van der Waals surface area contributed by atoms with Crippen LogP contribution in [0.3, 0.4) is 0 Å². The molecule has 1 aromatic heterocycles. The number of nitrogens with one attached hydrogen (secondary N) is 1. The molecule has 0 aliphatic rings. The summed E-state index contributed by atoms with van der Waals surface area (Å²) in [4.78, 5) is 25.5. The summed E-state index contributed by atoms with van der Waals surface area (Å²) < 4.78 is 0. The van der Waals surface area contributed by atoms with Gasteiger partial charge in [0.05, 0.1) is 10.6 Å². The third-order valence-electron chi connectivity index (χ3n) is 4.09. The molecule has 2 N–H and O–H groups in total. The van der Waals surface area contributed by atoms with E-state index in [9.17, 15) is 9.59 Å². The van der Waals surface area contributed by atoms with Crippen LogP contribution < -0.4 is 0 Å². The van der Waals surface area contributed by atoms with E-state index < -0.39 is 5.97 Å². The lowest BCUT2D eigenvalue weighted by atomic mass is 10.0. The Hall–Kier alpha value is -1.29. The van der Waals surface area contributed by atoms with Crippen LogP contribution in [0.25, 0.3) is 0 Å². The van der Waals surface area contributed by atoms with E-state index in [1.165, 1.54) is 51.1 Å². The monoisotopic (exact) mass is 341 g/mol. The summed E-state index contributed by atoms with van der Waals surface area (Å²) in [5.41, 5.74) is 0.179. The molecule has 0 saturated carbocycles. The summed E-state index contributed by atoms with van der Waals surface area (Å²) in [6, 6.07) is 0. The zero-order valence-electron chi connectivity index (χ0n) is 14.0. The van der Waals surface area contributed by atoms with E-state index in [1.54, 1.807) is 0 Å². The summed E-state index contributed by atoms with van der Waals surface area (Å²) >= 11 is 5.91. The molecule has 4 nitrogen and oxygen atoms in total. The Labute approximate surface area is 143 Å². The lowest BCUT2D eigenvalue weighted by Gasteiger charge is -2.02. The van der Waals surface area contributed by atoms with Gasteiger partial charge in [0.1, 0.15) is 5.69 Å². The summed E-state index contributed by atoms with van der Waals surface area (Å²) in [5.74, 6) is -1.23. The summed E-state index contributed by atoms with van der Waals surface area (Å²) in [6.45, 7) is 2.23. The van der Waals surface area contributed by atoms with Crippen molar-refractivity contribution in [1.82, 2.24) is 4.98 Å². The molecule has 5 heteroatoms. The highest BCUT2D eigenvalue weighted by Crippen LogP contribution is 2.23. The molecular formula is C18H28ClNO3. The van der Waals surface area contributed by atoms with Crippen LogP contribution >= 0.6 is 11.6 Å². The van der Waals surface area contributed by atoms with Gasteiger partial charge >= 0.3 is 5.97 Å². The predicted octanol–water partition coefficient (Wildman–Crippen LogP) is 5.86. The number of carbonyl (C=O) groups is 2. The van der Waals surface area contributed by atoms with Crippen LogP contribution in [0.4, 0.5) is 0 Å². The molecule has 0 unspecified atom stereocenters. The Balaban J connectivity index is 2.12. The van der Waals surface area contributed by atoms with Crippen molar-refractivity contribution in [2.75, 3.05) is 0 Å². The molecule has 1 heterocycles. The van der Waals surface area contributed by atoms with Gasteiger partial charge in [-0.3, -0.25) is 4.79 Å². The lowest BCUT2D eigenvalue weighted by molar-refractivity contribution is 0.0691. The predicted molar refractivity (Wildman–Crippen MR) is 93.6 cm³/mol. The second-order valence-corrected chi connectivity index (χ2v) is 6.43. The highest BCUT2D eigenvalue weighted by atomic mass is 35.5. The third-order valence-corrected chi connectivity index (χ3v) is 4.48. The van der Waals surface area contributed by atoms with Gasteiger partial charge in [0.2, 0.25) is 0 Å². The van der Waals surface area contributed by atoms with Crippen molar-refractivity contribution in [1.29, 1.82) is 0 Å². The van der Waals surface area contributed by atoms with Crippen molar-refractivity contribution < 1.29 is 14.7 Å². The smallest absolute Gasteiger partial charge is 0.353 e. The fourth-order valence-corrected chi connectivity index (χ4v) is 2.97. The number of aromatic nitrogens is 1. The Morgan fingerprint density at radius 2 is 1.52 bits per heavy atom. The maximum absolute atomic E-state index is 12.0. The SMILES string of the molecule is CCCCCCCCCCCCC(=O)c1c[nH]c(C(=O)O)c1Cl. The average Bonchev–Trinajstić information content (AvgIpc) is 2.91.